The molecule has 0 aromatic heterocycles. The number of benzene rings is 1. The summed E-state index contributed by atoms with van der Waals surface area (Å²) in [7, 11) is 0. The van der Waals surface area contributed by atoms with Gasteiger partial charge in [-0.05, 0) is 32.9 Å². The number of hydrogen-bond acceptors (Lipinski definition) is 2. The average molecular weight is 393 g/mol. The van der Waals surface area contributed by atoms with Gasteiger partial charge in [-0.3, -0.25) is 0 Å². The molecule has 0 amide bonds. The molecule has 1 aromatic carbocycles. The Balaban J connectivity index is 3.14. The molecule has 0 spiro atoms. The highest BCUT2D eigenvalue weighted by molar-refractivity contribution is 9.10. The van der Waals surface area contributed by atoms with Crippen molar-refractivity contribution in [3.63, 3.8) is 0 Å². The van der Waals surface area contributed by atoms with Crippen LogP contribution in [0.5, 0.6) is 0 Å². The fourth-order valence-corrected chi connectivity index (χ4v) is 2.94. The van der Waals surface area contributed by atoms with E-state index in [0.29, 0.717) is 4.47 Å². The van der Waals surface area contributed by atoms with Crippen molar-refractivity contribution in [2.24, 2.45) is 0 Å². The highest BCUT2D eigenvalue weighted by Gasteiger charge is 2.46. The molecule has 0 bridgehead atoms. The minimum absolute atomic E-state index is 0.0416. The third-order valence-corrected chi connectivity index (χ3v) is 4.76. The van der Waals surface area contributed by atoms with Gasteiger partial charge in [0.25, 0.3) is 0 Å². The first-order valence-corrected chi connectivity index (χ1v) is 7.94. The SMILES string of the molecule is CC(C)(C)[S+]([O-])N[C@H](c1ccc(Br)cc1Cl)C(F)(F)F. The van der Waals surface area contributed by atoms with Gasteiger partial charge in [0.15, 0.2) is 6.04 Å². The lowest BCUT2D eigenvalue weighted by molar-refractivity contribution is -0.153. The number of halogens is 5. The molecule has 2 atom stereocenters. The summed E-state index contributed by atoms with van der Waals surface area (Å²) >= 11 is 7.12. The summed E-state index contributed by atoms with van der Waals surface area (Å²) < 4.78 is 53.3. The Kier molecular flexibility index (Phi) is 5.83. The van der Waals surface area contributed by atoms with Crippen molar-refractivity contribution < 1.29 is 17.7 Å². The van der Waals surface area contributed by atoms with Gasteiger partial charge in [-0.2, -0.15) is 13.2 Å². The van der Waals surface area contributed by atoms with E-state index in [0.717, 1.165) is 0 Å². The molecule has 20 heavy (non-hydrogen) atoms. The van der Waals surface area contributed by atoms with Crippen molar-refractivity contribution in [1.82, 2.24) is 4.72 Å². The zero-order valence-corrected chi connectivity index (χ0v) is 14.2. The van der Waals surface area contributed by atoms with E-state index < -0.39 is 28.3 Å². The van der Waals surface area contributed by atoms with Gasteiger partial charge in [0, 0.05) is 26.4 Å². The van der Waals surface area contributed by atoms with Crippen LogP contribution in [0.15, 0.2) is 22.7 Å². The van der Waals surface area contributed by atoms with Crippen LogP contribution in [0.2, 0.25) is 5.02 Å². The van der Waals surface area contributed by atoms with Gasteiger partial charge in [0.05, 0.1) is 0 Å². The molecule has 2 nitrogen and oxygen atoms in total. The lowest BCUT2D eigenvalue weighted by atomic mass is 10.1. The first-order chi connectivity index (χ1) is 8.93. The monoisotopic (exact) mass is 391 g/mol. The number of rotatable bonds is 3. The fourth-order valence-electron chi connectivity index (χ4n) is 1.33. The summed E-state index contributed by atoms with van der Waals surface area (Å²) in [4.78, 5) is 0. The first kappa shape index (κ1) is 18.1. The summed E-state index contributed by atoms with van der Waals surface area (Å²) in [6, 6.07) is 2.01. The normalized spacial score (nSPS) is 16.1. The molecule has 0 fully saturated rings. The molecule has 8 heteroatoms. The molecule has 1 N–H and O–H groups in total. The molecule has 0 aliphatic heterocycles. The van der Waals surface area contributed by atoms with Gasteiger partial charge in [-0.1, -0.05) is 33.6 Å². The van der Waals surface area contributed by atoms with Crippen molar-refractivity contribution in [2.45, 2.75) is 37.7 Å². The maximum absolute atomic E-state index is 13.2. The van der Waals surface area contributed by atoms with Crippen LogP contribution in [-0.2, 0) is 11.4 Å². The van der Waals surface area contributed by atoms with E-state index in [2.05, 4.69) is 20.7 Å². The summed E-state index contributed by atoms with van der Waals surface area (Å²) in [6.07, 6.45) is -4.60. The Labute approximate surface area is 132 Å². The maximum atomic E-state index is 13.2. The van der Waals surface area contributed by atoms with Gasteiger partial charge in [0.1, 0.15) is 4.75 Å². The van der Waals surface area contributed by atoms with Crippen LogP contribution in [-0.4, -0.2) is 15.5 Å². The van der Waals surface area contributed by atoms with Gasteiger partial charge >= 0.3 is 6.18 Å². The second-order valence-corrected chi connectivity index (χ2v) is 8.46. The van der Waals surface area contributed by atoms with E-state index in [1.807, 2.05) is 0 Å². The first-order valence-electron chi connectivity index (χ1n) is 5.62. The Bertz CT molecular complexity index is 479. The predicted octanol–water partition coefficient (Wildman–Crippen LogP) is 4.76. The van der Waals surface area contributed by atoms with Gasteiger partial charge in [0.2, 0.25) is 0 Å². The average Bonchev–Trinajstić information content (AvgIpc) is 2.23. The lowest BCUT2D eigenvalue weighted by Gasteiger charge is -2.29. The van der Waals surface area contributed by atoms with E-state index in [1.54, 1.807) is 20.8 Å². The van der Waals surface area contributed by atoms with Crippen molar-refractivity contribution in [3.05, 3.63) is 33.3 Å². The minimum Gasteiger partial charge on any atom is -0.598 e. The number of alkyl halides is 3. The van der Waals surface area contributed by atoms with Crippen molar-refractivity contribution >= 4 is 38.9 Å². The Morgan fingerprint density at radius 2 is 1.85 bits per heavy atom. The molecule has 0 radical (unpaired) electrons. The van der Waals surface area contributed by atoms with Crippen LogP contribution in [0.25, 0.3) is 0 Å². The third kappa shape index (κ3) is 4.80. The van der Waals surface area contributed by atoms with Crippen LogP contribution in [0.4, 0.5) is 13.2 Å². The van der Waals surface area contributed by atoms with E-state index in [9.17, 15) is 17.7 Å². The van der Waals surface area contributed by atoms with Crippen LogP contribution in [0, 0.1) is 0 Å². The highest BCUT2D eigenvalue weighted by Crippen LogP contribution is 2.38. The molecular weight excluding hydrogens is 379 g/mol. The molecule has 0 heterocycles. The third-order valence-electron chi connectivity index (χ3n) is 2.38. The van der Waals surface area contributed by atoms with Crippen LogP contribution in [0.3, 0.4) is 0 Å². The number of hydrogen-bond donors (Lipinski definition) is 1. The molecule has 1 aromatic rings. The standard InChI is InChI=1S/C12H14BrClF3NOS/c1-11(2,3)20(19)18-10(12(15,16)17)8-5-4-7(13)6-9(8)14/h4-6,10,18H,1-3H3/t10-,20?/m1/s1. The zero-order valence-electron chi connectivity index (χ0n) is 11.0. The van der Waals surface area contributed by atoms with Gasteiger partial charge < -0.3 is 4.55 Å². The largest absolute Gasteiger partial charge is 0.598 e. The molecule has 0 saturated heterocycles. The zero-order chi connectivity index (χ0) is 15.7. The molecular formula is C12H14BrClF3NOS. The molecule has 1 rings (SSSR count). The Morgan fingerprint density at radius 3 is 2.25 bits per heavy atom. The minimum atomic E-state index is -4.60. The second-order valence-electron chi connectivity index (χ2n) is 5.14. The molecule has 114 valence electrons. The Morgan fingerprint density at radius 1 is 1.30 bits per heavy atom. The van der Waals surface area contributed by atoms with Gasteiger partial charge in [-0.15, -0.1) is 4.72 Å². The van der Waals surface area contributed by atoms with Gasteiger partial charge in [-0.25, -0.2) is 0 Å². The van der Waals surface area contributed by atoms with Crippen LogP contribution < -0.4 is 4.72 Å². The lowest BCUT2D eigenvalue weighted by Crippen LogP contribution is -2.45. The maximum Gasteiger partial charge on any atom is 0.412 e. The Hall–Kier alpha value is 0.0500. The summed E-state index contributed by atoms with van der Waals surface area (Å²) in [6.45, 7) is 4.77. The van der Waals surface area contributed by atoms with Crippen molar-refractivity contribution in [1.29, 1.82) is 0 Å². The van der Waals surface area contributed by atoms with Crippen molar-refractivity contribution in [2.75, 3.05) is 0 Å². The van der Waals surface area contributed by atoms with Crippen LogP contribution in [0.1, 0.15) is 32.4 Å². The summed E-state index contributed by atoms with van der Waals surface area (Å²) in [5.74, 6) is 0. The summed E-state index contributed by atoms with van der Waals surface area (Å²) in [5, 5.41) is -0.0416. The van der Waals surface area contributed by atoms with Crippen LogP contribution >= 0.6 is 27.5 Å². The van der Waals surface area contributed by atoms with E-state index >= 15 is 0 Å². The van der Waals surface area contributed by atoms with E-state index in [1.165, 1.54) is 18.2 Å². The molecule has 0 aliphatic rings. The highest BCUT2D eigenvalue weighted by atomic mass is 79.9. The fraction of sp³-hybridized carbons (Fsp3) is 0.500. The quantitative estimate of drug-likeness (QED) is 0.753. The predicted molar refractivity (Wildman–Crippen MR) is 79.0 cm³/mol. The van der Waals surface area contributed by atoms with E-state index in [-0.39, 0.29) is 10.6 Å². The topological polar surface area (TPSA) is 35.1 Å². The smallest absolute Gasteiger partial charge is 0.412 e. The van der Waals surface area contributed by atoms with E-state index in [4.69, 9.17) is 11.6 Å². The second kappa shape index (κ2) is 6.44. The molecule has 0 aliphatic carbocycles. The molecule has 1 unspecified atom stereocenters. The number of nitrogens with one attached hydrogen (secondary N) is 1. The molecule has 0 saturated carbocycles. The summed E-state index contributed by atoms with van der Waals surface area (Å²) in [5.41, 5.74) is -0.153. The van der Waals surface area contributed by atoms with Crippen molar-refractivity contribution in [3.8, 4) is 0 Å².